The SMILES string of the molecule is COC(=O)c1ccc(-c2ccnn2Cc2ccccc2)c(C#C[Si](C)(C)C)c1. The fourth-order valence-electron chi connectivity index (χ4n) is 2.81. The summed E-state index contributed by atoms with van der Waals surface area (Å²) in [5, 5.41) is 4.50. The van der Waals surface area contributed by atoms with E-state index in [0.29, 0.717) is 12.1 Å². The molecule has 0 fully saturated rings. The van der Waals surface area contributed by atoms with Gasteiger partial charge in [-0.25, -0.2) is 4.79 Å². The summed E-state index contributed by atoms with van der Waals surface area (Å²) in [5.74, 6) is 2.95. The van der Waals surface area contributed by atoms with Crippen molar-refractivity contribution >= 4 is 14.0 Å². The van der Waals surface area contributed by atoms with Gasteiger partial charge in [0.1, 0.15) is 8.07 Å². The Labute approximate surface area is 167 Å². The maximum absolute atomic E-state index is 12.0. The Hall–Kier alpha value is -3.10. The molecule has 0 amide bonds. The molecule has 0 bridgehead atoms. The van der Waals surface area contributed by atoms with Crippen molar-refractivity contribution in [3.05, 3.63) is 77.5 Å². The molecule has 0 saturated carbocycles. The van der Waals surface area contributed by atoms with Crippen LogP contribution in [0.15, 0.2) is 60.8 Å². The number of ether oxygens (including phenoxy) is 1. The molecule has 142 valence electrons. The third-order valence-electron chi connectivity index (χ3n) is 4.18. The molecule has 0 aliphatic carbocycles. The van der Waals surface area contributed by atoms with E-state index in [2.05, 4.69) is 48.3 Å². The molecule has 1 heterocycles. The monoisotopic (exact) mass is 388 g/mol. The van der Waals surface area contributed by atoms with E-state index in [0.717, 1.165) is 16.8 Å². The summed E-state index contributed by atoms with van der Waals surface area (Å²) in [6, 6.07) is 17.7. The van der Waals surface area contributed by atoms with Gasteiger partial charge < -0.3 is 4.74 Å². The summed E-state index contributed by atoms with van der Waals surface area (Å²) >= 11 is 0. The Kier molecular flexibility index (Phi) is 5.81. The number of hydrogen-bond donors (Lipinski definition) is 0. The number of nitrogens with zero attached hydrogens (tertiary/aromatic N) is 2. The van der Waals surface area contributed by atoms with Gasteiger partial charge in [0.15, 0.2) is 0 Å². The van der Waals surface area contributed by atoms with Crippen molar-refractivity contribution in [2.75, 3.05) is 7.11 Å². The molecule has 0 radical (unpaired) electrons. The number of methoxy groups -OCH3 is 1. The second-order valence-electron chi connectivity index (χ2n) is 7.61. The standard InChI is InChI=1S/C23H24N2O2Si/c1-27-23(26)20-10-11-21(19(16-20)13-15-28(2,3)4)22-12-14-24-25(22)17-18-8-6-5-7-9-18/h5-12,14,16H,17H2,1-4H3. The van der Waals surface area contributed by atoms with Crippen molar-refractivity contribution in [2.24, 2.45) is 0 Å². The van der Waals surface area contributed by atoms with E-state index in [9.17, 15) is 4.79 Å². The van der Waals surface area contributed by atoms with Crippen molar-refractivity contribution in [3.8, 4) is 22.7 Å². The number of hydrogen-bond acceptors (Lipinski definition) is 3. The Bertz CT molecular complexity index is 1040. The highest BCUT2D eigenvalue weighted by Crippen LogP contribution is 2.25. The molecule has 2 aromatic carbocycles. The van der Waals surface area contributed by atoms with Crippen molar-refractivity contribution in [1.29, 1.82) is 0 Å². The first kappa shape index (κ1) is 19.7. The van der Waals surface area contributed by atoms with Gasteiger partial charge in [-0.15, -0.1) is 5.54 Å². The summed E-state index contributed by atoms with van der Waals surface area (Å²) in [4.78, 5) is 12.0. The van der Waals surface area contributed by atoms with E-state index in [4.69, 9.17) is 4.74 Å². The smallest absolute Gasteiger partial charge is 0.337 e. The molecule has 3 aromatic rings. The minimum absolute atomic E-state index is 0.361. The van der Waals surface area contributed by atoms with Crippen LogP contribution < -0.4 is 0 Å². The number of benzene rings is 2. The third kappa shape index (κ3) is 4.79. The van der Waals surface area contributed by atoms with Crippen LogP contribution >= 0.6 is 0 Å². The molecule has 0 saturated heterocycles. The van der Waals surface area contributed by atoms with Crippen LogP contribution in [0.25, 0.3) is 11.3 Å². The molecule has 0 unspecified atom stereocenters. The Morgan fingerprint density at radius 3 is 2.54 bits per heavy atom. The van der Waals surface area contributed by atoms with Gasteiger partial charge in [0.2, 0.25) is 0 Å². The molecule has 1 aromatic heterocycles. The maximum Gasteiger partial charge on any atom is 0.337 e. The van der Waals surface area contributed by atoms with E-state index in [1.54, 1.807) is 12.3 Å². The van der Waals surface area contributed by atoms with E-state index in [1.807, 2.05) is 41.1 Å². The Morgan fingerprint density at radius 2 is 1.86 bits per heavy atom. The zero-order valence-corrected chi connectivity index (χ0v) is 17.7. The number of carbonyl (C=O) groups excluding carboxylic acids is 1. The molecular weight excluding hydrogens is 364 g/mol. The highest BCUT2D eigenvalue weighted by molar-refractivity contribution is 6.83. The fraction of sp³-hybridized carbons (Fsp3) is 0.217. The molecule has 0 N–H and O–H groups in total. The van der Waals surface area contributed by atoms with E-state index in [1.165, 1.54) is 12.7 Å². The van der Waals surface area contributed by atoms with Crippen molar-refractivity contribution < 1.29 is 9.53 Å². The van der Waals surface area contributed by atoms with Gasteiger partial charge in [0.25, 0.3) is 0 Å². The summed E-state index contributed by atoms with van der Waals surface area (Å²) in [5.41, 5.74) is 7.83. The van der Waals surface area contributed by atoms with Gasteiger partial charge in [-0.2, -0.15) is 5.10 Å². The normalized spacial score (nSPS) is 10.9. The first-order chi connectivity index (χ1) is 13.4. The molecule has 28 heavy (non-hydrogen) atoms. The van der Waals surface area contributed by atoms with Gasteiger partial charge >= 0.3 is 5.97 Å². The van der Waals surface area contributed by atoms with Crippen molar-refractivity contribution in [1.82, 2.24) is 9.78 Å². The minimum Gasteiger partial charge on any atom is -0.465 e. The Balaban J connectivity index is 2.07. The van der Waals surface area contributed by atoms with Gasteiger partial charge in [0.05, 0.1) is 24.9 Å². The van der Waals surface area contributed by atoms with E-state index >= 15 is 0 Å². The number of carbonyl (C=O) groups is 1. The summed E-state index contributed by atoms with van der Waals surface area (Å²) in [6.45, 7) is 7.26. The predicted octanol–water partition coefficient (Wildman–Crippen LogP) is 4.61. The average Bonchev–Trinajstić information content (AvgIpc) is 3.13. The van der Waals surface area contributed by atoms with Gasteiger partial charge in [-0.3, -0.25) is 4.68 Å². The molecule has 3 rings (SSSR count). The lowest BCUT2D eigenvalue weighted by molar-refractivity contribution is 0.0600. The first-order valence-corrected chi connectivity index (χ1v) is 12.7. The zero-order chi connectivity index (χ0) is 20.1. The predicted molar refractivity (Wildman–Crippen MR) is 115 cm³/mol. The molecular formula is C23H24N2O2Si. The van der Waals surface area contributed by atoms with E-state index < -0.39 is 8.07 Å². The molecule has 5 heteroatoms. The second-order valence-corrected chi connectivity index (χ2v) is 12.4. The molecule has 0 spiro atoms. The van der Waals surface area contributed by atoms with Crippen molar-refractivity contribution in [3.63, 3.8) is 0 Å². The molecule has 0 aliphatic heterocycles. The lowest BCUT2D eigenvalue weighted by Crippen LogP contribution is -2.16. The summed E-state index contributed by atoms with van der Waals surface area (Å²) in [6.07, 6.45) is 1.79. The number of rotatable bonds is 4. The third-order valence-corrected chi connectivity index (χ3v) is 5.06. The molecule has 4 nitrogen and oxygen atoms in total. The minimum atomic E-state index is -1.57. The van der Waals surface area contributed by atoms with E-state index in [-0.39, 0.29) is 5.97 Å². The zero-order valence-electron chi connectivity index (χ0n) is 16.7. The topological polar surface area (TPSA) is 44.1 Å². The van der Waals surface area contributed by atoms with Crippen LogP contribution in [0.3, 0.4) is 0 Å². The quantitative estimate of drug-likeness (QED) is 0.372. The van der Waals surface area contributed by atoms with Gasteiger partial charge in [0, 0.05) is 17.3 Å². The first-order valence-electron chi connectivity index (χ1n) is 9.19. The van der Waals surface area contributed by atoms with Gasteiger partial charge in [-0.1, -0.05) is 62.0 Å². The average molecular weight is 389 g/mol. The van der Waals surface area contributed by atoms with Crippen LogP contribution in [0.1, 0.15) is 21.5 Å². The van der Waals surface area contributed by atoms with Gasteiger partial charge in [-0.05, 0) is 23.8 Å². The lowest BCUT2D eigenvalue weighted by atomic mass is 10.0. The maximum atomic E-state index is 12.0. The lowest BCUT2D eigenvalue weighted by Gasteiger charge is -2.11. The summed E-state index contributed by atoms with van der Waals surface area (Å²) < 4.78 is 6.83. The second kappa shape index (κ2) is 8.28. The highest BCUT2D eigenvalue weighted by atomic mass is 28.3. The van der Waals surface area contributed by atoms with Crippen LogP contribution in [-0.2, 0) is 11.3 Å². The van der Waals surface area contributed by atoms with Crippen LogP contribution in [0, 0.1) is 11.5 Å². The highest BCUT2D eigenvalue weighted by Gasteiger charge is 2.15. The van der Waals surface area contributed by atoms with Crippen LogP contribution in [0.2, 0.25) is 19.6 Å². The summed E-state index contributed by atoms with van der Waals surface area (Å²) in [7, 11) is -0.187. The fourth-order valence-corrected chi connectivity index (χ4v) is 3.32. The van der Waals surface area contributed by atoms with Crippen LogP contribution in [0.4, 0.5) is 0 Å². The van der Waals surface area contributed by atoms with Crippen LogP contribution in [0.5, 0.6) is 0 Å². The largest absolute Gasteiger partial charge is 0.465 e. The Morgan fingerprint density at radius 1 is 1.11 bits per heavy atom. The molecule has 0 atom stereocenters. The molecule has 0 aliphatic rings. The number of esters is 1. The van der Waals surface area contributed by atoms with Crippen molar-refractivity contribution in [2.45, 2.75) is 26.2 Å². The number of aromatic nitrogens is 2. The van der Waals surface area contributed by atoms with Crippen LogP contribution in [-0.4, -0.2) is 30.9 Å².